The molecular weight excluding hydrogens is 176 g/mol. The van der Waals surface area contributed by atoms with Crippen LogP contribution in [0.1, 0.15) is 39.5 Å². The normalized spacial score (nSPS) is 24.1. The van der Waals surface area contributed by atoms with Crippen molar-refractivity contribution in [3.8, 4) is 0 Å². The third kappa shape index (κ3) is 4.09. The molecular formula is C11H22N2O. The SMILES string of the molecule is CC(C)C(=O)N[C@@H]1CCCCCNC1. The van der Waals surface area contributed by atoms with Crippen molar-refractivity contribution < 1.29 is 4.79 Å². The molecule has 0 aromatic carbocycles. The van der Waals surface area contributed by atoms with Crippen LogP contribution in [-0.2, 0) is 4.79 Å². The molecule has 1 saturated heterocycles. The summed E-state index contributed by atoms with van der Waals surface area (Å²) in [4.78, 5) is 11.5. The molecule has 0 aromatic rings. The smallest absolute Gasteiger partial charge is 0.222 e. The van der Waals surface area contributed by atoms with Gasteiger partial charge in [0, 0.05) is 18.5 Å². The molecule has 3 nitrogen and oxygen atoms in total. The van der Waals surface area contributed by atoms with E-state index in [9.17, 15) is 4.79 Å². The van der Waals surface area contributed by atoms with E-state index in [1.54, 1.807) is 0 Å². The summed E-state index contributed by atoms with van der Waals surface area (Å²) in [5.74, 6) is 0.276. The van der Waals surface area contributed by atoms with Crippen LogP contribution in [0.5, 0.6) is 0 Å². The van der Waals surface area contributed by atoms with E-state index in [1.807, 2.05) is 13.8 Å². The number of amides is 1. The van der Waals surface area contributed by atoms with E-state index >= 15 is 0 Å². The Bertz CT molecular complexity index is 172. The molecule has 3 heteroatoms. The fourth-order valence-corrected chi connectivity index (χ4v) is 1.69. The van der Waals surface area contributed by atoms with Gasteiger partial charge >= 0.3 is 0 Å². The lowest BCUT2D eigenvalue weighted by atomic mass is 10.0. The first-order chi connectivity index (χ1) is 6.70. The van der Waals surface area contributed by atoms with Gasteiger partial charge in [-0.05, 0) is 19.4 Å². The van der Waals surface area contributed by atoms with E-state index in [0.717, 1.165) is 19.5 Å². The van der Waals surface area contributed by atoms with Crippen LogP contribution >= 0.6 is 0 Å². The molecule has 1 fully saturated rings. The van der Waals surface area contributed by atoms with Gasteiger partial charge < -0.3 is 10.6 Å². The summed E-state index contributed by atoms with van der Waals surface area (Å²) >= 11 is 0. The highest BCUT2D eigenvalue weighted by Crippen LogP contribution is 2.06. The fourth-order valence-electron chi connectivity index (χ4n) is 1.69. The van der Waals surface area contributed by atoms with Gasteiger partial charge in [0.25, 0.3) is 0 Å². The van der Waals surface area contributed by atoms with Crippen molar-refractivity contribution in [1.29, 1.82) is 0 Å². The Balaban J connectivity index is 2.30. The third-order valence-corrected chi connectivity index (χ3v) is 2.67. The maximum absolute atomic E-state index is 11.5. The summed E-state index contributed by atoms with van der Waals surface area (Å²) in [6.07, 6.45) is 4.90. The van der Waals surface area contributed by atoms with Crippen molar-refractivity contribution in [2.24, 2.45) is 5.92 Å². The summed E-state index contributed by atoms with van der Waals surface area (Å²) in [5.41, 5.74) is 0. The Kier molecular flexibility index (Phi) is 4.94. The van der Waals surface area contributed by atoms with Crippen LogP contribution < -0.4 is 10.6 Å². The van der Waals surface area contributed by atoms with Crippen LogP contribution in [0.15, 0.2) is 0 Å². The minimum Gasteiger partial charge on any atom is -0.352 e. The standard InChI is InChI=1S/C11H22N2O/c1-9(2)11(14)13-10-6-4-3-5-7-12-8-10/h9-10,12H,3-8H2,1-2H3,(H,13,14)/t10-/m1/s1. The predicted molar refractivity (Wildman–Crippen MR) is 58.1 cm³/mol. The topological polar surface area (TPSA) is 41.1 Å². The predicted octanol–water partition coefficient (Wildman–Crippen LogP) is 1.29. The first kappa shape index (κ1) is 11.5. The first-order valence-electron chi connectivity index (χ1n) is 5.71. The fraction of sp³-hybridized carbons (Fsp3) is 0.909. The average Bonchev–Trinajstić information content (AvgIpc) is 2.08. The van der Waals surface area contributed by atoms with Crippen molar-refractivity contribution in [2.45, 2.75) is 45.6 Å². The molecule has 0 aliphatic carbocycles. The van der Waals surface area contributed by atoms with E-state index in [4.69, 9.17) is 0 Å². The van der Waals surface area contributed by atoms with E-state index < -0.39 is 0 Å². The molecule has 1 atom stereocenters. The number of carbonyl (C=O) groups excluding carboxylic acids is 1. The Labute approximate surface area is 86.6 Å². The molecule has 0 unspecified atom stereocenters. The average molecular weight is 198 g/mol. The van der Waals surface area contributed by atoms with Crippen molar-refractivity contribution in [3.05, 3.63) is 0 Å². The van der Waals surface area contributed by atoms with Crippen LogP contribution in [0, 0.1) is 5.92 Å². The highest BCUT2D eigenvalue weighted by Gasteiger charge is 2.15. The van der Waals surface area contributed by atoms with Gasteiger partial charge in [-0.2, -0.15) is 0 Å². The molecule has 0 radical (unpaired) electrons. The van der Waals surface area contributed by atoms with Crippen molar-refractivity contribution in [3.63, 3.8) is 0 Å². The quantitative estimate of drug-likeness (QED) is 0.702. The molecule has 0 bridgehead atoms. The monoisotopic (exact) mass is 198 g/mol. The van der Waals surface area contributed by atoms with Gasteiger partial charge in [0.1, 0.15) is 0 Å². The highest BCUT2D eigenvalue weighted by atomic mass is 16.1. The zero-order valence-corrected chi connectivity index (χ0v) is 9.31. The lowest BCUT2D eigenvalue weighted by molar-refractivity contribution is -0.124. The second-order valence-corrected chi connectivity index (χ2v) is 4.41. The summed E-state index contributed by atoms with van der Waals surface area (Å²) < 4.78 is 0. The van der Waals surface area contributed by atoms with E-state index in [-0.39, 0.29) is 11.8 Å². The van der Waals surface area contributed by atoms with Crippen LogP contribution in [-0.4, -0.2) is 25.0 Å². The van der Waals surface area contributed by atoms with E-state index in [2.05, 4.69) is 10.6 Å². The van der Waals surface area contributed by atoms with E-state index in [1.165, 1.54) is 19.3 Å². The van der Waals surface area contributed by atoms with Gasteiger partial charge in [-0.3, -0.25) is 4.79 Å². The largest absolute Gasteiger partial charge is 0.352 e. The van der Waals surface area contributed by atoms with Gasteiger partial charge in [-0.15, -0.1) is 0 Å². The Morgan fingerprint density at radius 3 is 2.86 bits per heavy atom. The Hall–Kier alpha value is -0.570. The molecule has 0 spiro atoms. The minimum atomic E-state index is 0.0976. The highest BCUT2D eigenvalue weighted by molar-refractivity contribution is 5.78. The second kappa shape index (κ2) is 6.02. The molecule has 1 heterocycles. The van der Waals surface area contributed by atoms with Gasteiger partial charge in [0.15, 0.2) is 0 Å². The van der Waals surface area contributed by atoms with Crippen LogP contribution in [0.25, 0.3) is 0 Å². The molecule has 1 aliphatic heterocycles. The van der Waals surface area contributed by atoms with Gasteiger partial charge in [-0.25, -0.2) is 0 Å². The minimum absolute atomic E-state index is 0.0976. The molecule has 0 saturated carbocycles. The number of hydrogen-bond acceptors (Lipinski definition) is 2. The molecule has 82 valence electrons. The number of rotatable bonds is 2. The molecule has 1 aliphatic rings. The maximum Gasteiger partial charge on any atom is 0.222 e. The summed E-state index contributed by atoms with van der Waals surface area (Å²) in [7, 11) is 0. The summed E-state index contributed by atoms with van der Waals surface area (Å²) in [6.45, 7) is 5.89. The van der Waals surface area contributed by atoms with Gasteiger partial charge in [0.2, 0.25) is 5.91 Å². The molecule has 14 heavy (non-hydrogen) atoms. The van der Waals surface area contributed by atoms with Crippen molar-refractivity contribution >= 4 is 5.91 Å². The number of carbonyl (C=O) groups is 1. The lowest BCUT2D eigenvalue weighted by Gasteiger charge is -2.22. The molecule has 1 rings (SSSR count). The zero-order chi connectivity index (χ0) is 10.4. The maximum atomic E-state index is 11.5. The molecule has 1 amide bonds. The Morgan fingerprint density at radius 2 is 2.14 bits per heavy atom. The van der Waals surface area contributed by atoms with Crippen LogP contribution in [0.2, 0.25) is 0 Å². The van der Waals surface area contributed by atoms with Crippen LogP contribution in [0.4, 0.5) is 0 Å². The van der Waals surface area contributed by atoms with Crippen LogP contribution in [0.3, 0.4) is 0 Å². The summed E-state index contributed by atoms with van der Waals surface area (Å²) in [6, 6.07) is 0.338. The lowest BCUT2D eigenvalue weighted by Crippen LogP contribution is -2.44. The third-order valence-electron chi connectivity index (χ3n) is 2.67. The molecule has 2 N–H and O–H groups in total. The second-order valence-electron chi connectivity index (χ2n) is 4.41. The zero-order valence-electron chi connectivity index (χ0n) is 9.31. The number of nitrogens with one attached hydrogen (secondary N) is 2. The Morgan fingerprint density at radius 1 is 1.36 bits per heavy atom. The van der Waals surface area contributed by atoms with Gasteiger partial charge in [-0.1, -0.05) is 26.7 Å². The van der Waals surface area contributed by atoms with Crippen molar-refractivity contribution in [2.75, 3.05) is 13.1 Å². The molecule has 0 aromatic heterocycles. The van der Waals surface area contributed by atoms with Crippen molar-refractivity contribution in [1.82, 2.24) is 10.6 Å². The van der Waals surface area contributed by atoms with E-state index in [0.29, 0.717) is 6.04 Å². The summed E-state index contributed by atoms with van der Waals surface area (Å²) in [5, 5.41) is 6.45. The van der Waals surface area contributed by atoms with Gasteiger partial charge in [0.05, 0.1) is 0 Å². The number of hydrogen-bond donors (Lipinski definition) is 2. The first-order valence-corrected chi connectivity index (χ1v) is 5.71.